The zero-order chi connectivity index (χ0) is 13.7. The van der Waals surface area contributed by atoms with Crippen molar-refractivity contribution in [3.63, 3.8) is 0 Å². The quantitative estimate of drug-likeness (QED) is 0.740. The van der Waals surface area contributed by atoms with Gasteiger partial charge in [-0.3, -0.25) is 4.90 Å². The molecule has 19 heavy (non-hydrogen) atoms. The van der Waals surface area contributed by atoms with Gasteiger partial charge in [0.2, 0.25) is 0 Å². The molecule has 0 amide bonds. The maximum Gasteiger partial charge on any atom is 0.0243 e. The third-order valence-corrected chi connectivity index (χ3v) is 4.96. The average molecular weight is 262 g/mol. The molecule has 2 fully saturated rings. The highest BCUT2D eigenvalue weighted by Gasteiger charge is 2.40. The molecule has 108 valence electrons. The molecule has 0 aromatic carbocycles. The Morgan fingerprint density at radius 1 is 1.26 bits per heavy atom. The molecule has 0 aromatic rings. The summed E-state index contributed by atoms with van der Waals surface area (Å²) in [5.74, 6) is 2.89. The standard InChI is InChI=1S/C17H30N2/c1-4-8-15(6-3)19-16-9-7-10-17(19)13-14(12-16)18-11-5-2/h1,14-18H,5-13H2,2-3H3. The minimum Gasteiger partial charge on any atom is -0.314 e. The summed E-state index contributed by atoms with van der Waals surface area (Å²) < 4.78 is 0. The van der Waals surface area contributed by atoms with E-state index >= 15 is 0 Å². The van der Waals surface area contributed by atoms with Crippen LogP contribution in [0.3, 0.4) is 0 Å². The van der Waals surface area contributed by atoms with Gasteiger partial charge in [0.05, 0.1) is 0 Å². The zero-order valence-corrected chi connectivity index (χ0v) is 12.7. The number of nitrogens with zero attached hydrogens (tertiary/aromatic N) is 1. The number of rotatable bonds is 6. The van der Waals surface area contributed by atoms with Crippen LogP contribution < -0.4 is 5.32 Å². The fraction of sp³-hybridized carbons (Fsp3) is 0.882. The Kier molecular flexibility index (Phi) is 5.73. The van der Waals surface area contributed by atoms with E-state index in [1.165, 1.54) is 51.5 Å². The normalized spacial score (nSPS) is 32.8. The summed E-state index contributed by atoms with van der Waals surface area (Å²) in [5.41, 5.74) is 0. The summed E-state index contributed by atoms with van der Waals surface area (Å²) in [6.45, 7) is 5.72. The van der Waals surface area contributed by atoms with Gasteiger partial charge < -0.3 is 5.32 Å². The molecule has 2 heteroatoms. The predicted octanol–water partition coefficient (Wildman–Crippen LogP) is 3.17. The van der Waals surface area contributed by atoms with Crippen LogP contribution in [0.15, 0.2) is 0 Å². The van der Waals surface area contributed by atoms with Crippen LogP contribution in [0.2, 0.25) is 0 Å². The van der Waals surface area contributed by atoms with Gasteiger partial charge in [-0.1, -0.05) is 20.3 Å². The van der Waals surface area contributed by atoms with Gasteiger partial charge in [0.1, 0.15) is 0 Å². The first-order chi connectivity index (χ1) is 9.30. The molecule has 0 aliphatic carbocycles. The monoisotopic (exact) mass is 262 g/mol. The lowest BCUT2D eigenvalue weighted by atomic mass is 9.80. The van der Waals surface area contributed by atoms with E-state index in [4.69, 9.17) is 6.42 Å². The Labute approximate surface area is 119 Å². The summed E-state index contributed by atoms with van der Waals surface area (Å²) in [7, 11) is 0. The van der Waals surface area contributed by atoms with E-state index in [2.05, 4.69) is 30.0 Å². The van der Waals surface area contributed by atoms with E-state index in [0.29, 0.717) is 6.04 Å². The van der Waals surface area contributed by atoms with Crippen LogP contribution in [-0.2, 0) is 0 Å². The van der Waals surface area contributed by atoms with E-state index in [-0.39, 0.29) is 0 Å². The highest BCUT2D eigenvalue weighted by atomic mass is 15.2. The summed E-state index contributed by atoms with van der Waals surface area (Å²) in [4.78, 5) is 2.80. The third kappa shape index (κ3) is 3.52. The van der Waals surface area contributed by atoms with Gasteiger partial charge in [0.25, 0.3) is 0 Å². The second-order valence-corrected chi connectivity index (χ2v) is 6.28. The van der Waals surface area contributed by atoms with Crippen LogP contribution in [0.25, 0.3) is 0 Å². The second-order valence-electron chi connectivity index (χ2n) is 6.28. The van der Waals surface area contributed by atoms with Crippen molar-refractivity contribution in [1.82, 2.24) is 10.2 Å². The van der Waals surface area contributed by atoms with Crippen molar-refractivity contribution in [2.75, 3.05) is 6.54 Å². The Hall–Kier alpha value is -0.520. The smallest absolute Gasteiger partial charge is 0.0243 e. The molecule has 0 aromatic heterocycles. The third-order valence-electron chi connectivity index (χ3n) is 4.96. The molecule has 2 rings (SSSR count). The Morgan fingerprint density at radius 3 is 2.47 bits per heavy atom. The molecule has 3 unspecified atom stereocenters. The van der Waals surface area contributed by atoms with Crippen molar-refractivity contribution in [1.29, 1.82) is 0 Å². The van der Waals surface area contributed by atoms with Gasteiger partial charge in [-0.2, -0.15) is 0 Å². The summed E-state index contributed by atoms with van der Waals surface area (Å²) in [6.07, 6.45) is 15.8. The van der Waals surface area contributed by atoms with E-state index in [1.807, 2.05) is 0 Å². The van der Waals surface area contributed by atoms with Crippen molar-refractivity contribution in [2.45, 2.75) is 89.4 Å². The summed E-state index contributed by atoms with van der Waals surface area (Å²) in [5, 5.41) is 3.74. The molecule has 2 saturated heterocycles. The maximum absolute atomic E-state index is 5.57. The van der Waals surface area contributed by atoms with Crippen LogP contribution in [-0.4, -0.2) is 35.6 Å². The van der Waals surface area contributed by atoms with E-state index in [9.17, 15) is 0 Å². The lowest BCUT2D eigenvalue weighted by Crippen LogP contribution is -2.59. The highest BCUT2D eigenvalue weighted by Crippen LogP contribution is 2.36. The van der Waals surface area contributed by atoms with Gasteiger partial charge in [-0.15, -0.1) is 12.3 Å². The largest absolute Gasteiger partial charge is 0.314 e. The van der Waals surface area contributed by atoms with Crippen molar-refractivity contribution < 1.29 is 0 Å². The molecule has 2 heterocycles. The summed E-state index contributed by atoms with van der Waals surface area (Å²) >= 11 is 0. The topological polar surface area (TPSA) is 15.3 Å². The predicted molar refractivity (Wildman–Crippen MR) is 82.1 cm³/mol. The average Bonchev–Trinajstić information content (AvgIpc) is 2.41. The van der Waals surface area contributed by atoms with E-state index < -0.39 is 0 Å². The van der Waals surface area contributed by atoms with E-state index in [1.54, 1.807) is 0 Å². The molecule has 2 nitrogen and oxygen atoms in total. The molecule has 0 radical (unpaired) electrons. The molecule has 2 aliphatic heterocycles. The molecule has 1 N–H and O–H groups in total. The Morgan fingerprint density at radius 2 is 1.95 bits per heavy atom. The minimum atomic E-state index is 0.618. The number of hydrogen-bond acceptors (Lipinski definition) is 2. The Balaban J connectivity index is 2.00. The first kappa shape index (κ1) is 14.9. The number of hydrogen-bond donors (Lipinski definition) is 1. The first-order valence-electron chi connectivity index (χ1n) is 8.24. The van der Waals surface area contributed by atoms with Gasteiger partial charge in [0.15, 0.2) is 0 Å². The van der Waals surface area contributed by atoms with Crippen LogP contribution in [0.4, 0.5) is 0 Å². The Bertz CT molecular complexity index is 293. The molecular formula is C17H30N2. The van der Waals surface area contributed by atoms with Crippen molar-refractivity contribution in [3.8, 4) is 12.3 Å². The van der Waals surface area contributed by atoms with Gasteiger partial charge >= 0.3 is 0 Å². The zero-order valence-electron chi connectivity index (χ0n) is 12.7. The van der Waals surface area contributed by atoms with Crippen molar-refractivity contribution >= 4 is 0 Å². The number of nitrogens with one attached hydrogen (secondary N) is 1. The molecule has 2 aliphatic rings. The molecule has 2 bridgehead atoms. The fourth-order valence-corrected chi connectivity index (χ4v) is 4.13. The van der Waals surface area contributed by atoms with Gasteiger partial charge in [-0.25, -0.2) is 0 Å². The van der Waals surface area contributed by atoms with Crippen LogP contribution in [0.1, 0.15) is 65.2 Å². The van der Waals surface area contributed by atoms with Crippen molar-refractivity contribution in [2.24, 2.45) is 0 Å². The lowest BCUT2D eigenvalue weighted by Gasteiger charge is -2.52. The fourth-order valence-electron chi connectivity index (χ4n) is 4.13. The van der Waals surface area contributed by atoms with Gasteiger partial charge in [-0.05, 0) is 45.1 Å². The second kappa shape index (κ2) is 7.31. The number of piperidine rings is 2. The molecule has 0 saturated carbocycles. The first-order valence-corrected chi connectivity index (χ1v) is 8.24. The SMILES string of the molecule is C#CCC(CC)N1C2CCCC1CC(NCCC)C2. The maximum atomic E-state index is 5.57. The van der Waals surface area contributed by atoms with Gasteiger partial charge in [0, 0.05) is 30.6 Å². The number of terminal acetylenes is 1. The summed E-state index contributed by atoms with van der Waals surface area (Å²) in [6, 6.07) is 2.92. The molecule has 3 atom stereocenters. The van der Waals surface area contributed by atoms with Crippen molar-refractivity contribution in [3.05, 3.63) is 0 Å². The molecule has 0 spiro atoms. The van der Waals surface area contributed by atoms with Crippen LogP contribution in [0.5, 0.6) is 0 Å². The minimum absolute atomic E-state index is 0.618. The van der Waals surface area contributed by atoms with E-state index in [0.717, 1.165) is 24.5 Å². The van der Waals surface area contributed by atoms with Crippen LogP contribution >= 0.6 is 0 Å². The van der Waals surface area contributed by atoms with Crippen LogP contribution in [0, 0.1) is 12.3 Å². The number of fused-ring (bicyclic) bond motifs is 2. The lowest BCUT2D eigenvalue weighted by molar-refractivity contribution is -0.0105. The highest BCUT2D eigenvalue weighted by molar-refractivity contribution is 5.00. The molecular weight excluding hydrogens is 232 g/mol.